The number of benzene rings is 1. The van der Waals surface area contributed by atoms with Crippen LogP contribution in [0.25, 0.3) is 0 Å². The maximum atomic E-state index is 12.5. The molecule has 2 N–H and O–H groups in total. The minimum atomic E-state index is -4.51. The minimum absolute atomic E-state index is 0.0877. The number of aromatic nitrogens is 1. The van der Waals surface area contributed by atoms with Crippen molar-refractivity contribution in [3.63, 3.8) is 0 Å². The molecule has 2 rings (SSSR count). The Morgan fingerprint density at radius 2 is 1.91 bits per heavy atom. The Kier molecular flexibility index (Phi) is 4.87. The lowest BCUT2D eigenvalue weighted by Gasteiger charge is -2.10. The molecule has 0 spiro atoms. The van der Waals surface area contributed by atoms with E-state index in [0.717, 1.165) is 6.07 Å². The molecule has 1 heterocycles. The molecule has 4 nitrogen and oxygen atoms in total. The molecule has 0 bridgehead atoms. The van der Waals surface area contributed by atoms with Gasteiger partial charge in [0.1, 0.15) is 0 Å². The highest BCUT2D eigenvalue weighted by Gasteiger charge is 2.31. The smallest absolute Gasteiger partial charge is 0.332 e. The summed E-state index contributed by atoms with van der Waals surface area (Å²) in [6, 6.07) is 8.97. The summed E-state index contributed by atoms with van der Waals surface area (Å²) in [7, 11) is 0. The zero-order chi connectivity index (χ0) is 16.2. The second kappa shape index (κ2) is 6.65. The van der Waals surface area contributed by atoms with Crippen LogP contribution in [-0.4, -0.2) is 11.0 Å². The van der Waals surface area contributed by atoms with Gasteiger partial charge in [-0.3, -0.25) is 4.98 Å². The number of hydrogen-bond donors (Lipinski definition) is 2. The van der Waals surface area contributed by atoms with E-state index in [2.05, 4.69) is 15.6 Å². The van der Waals surface area contributed by atoms with E-state index in [0.29, 0.717) is 11.9 Å². The summed E-state index contributed by atoms with van der Waals surface area (Å²) in [6.07, 6.45) is -3.83. The van der Waals surface area contributed by atoms with Gasteiger partial charge in [0, 0.05) is 11.9 Å². The van der Waals surface area contributed by atoms with Gasteiger partial charge in [0.05, 0.1) is 22.8 Å². The quantitative estimate of drug-likeness (QED) is 0.891. The number of carbonyl (C=O) groups excluding carboxylic acids is 1. The van der Waals surface area contributed by atoms with Gasteiger partial charge in [0.15, 0.2) is 0 Å². The molecule has 0 fully saturated rings. The third-order valence-electron chi connectivity index (χ3n) is 2.69. The van der Waals surface area contributed by atoms with Gasteiger partial charge < -0.3 is 10.6 Å². The zero-order valence-corrected chi connectivity index (χ0v) is 11.9. The van der Waals surface area contributed by atoms with Gasteiger partial charge in [0.2, 0.25) is 0 Å². The molecule has 0 atom stereocenters. The number of alkyl halides is 3. The number of para-hydroxylation sites is 1. The minimum Gasteiger partial charge on any atom is -0.332 e. The van der Waals surface area contributed by atoms with Crippen molar-refractivity contribution in [2.75, 3.05) is 5.32 Å². The first-order valence-corrected chi connectivity index (χ1v) is 6.55. The molecule has 1 aromatic carbocycles. The first kappa shape index (κ1) is 16.1. The van der Waals surface area contributed by atoms with Gasteiger partial charge in [-0.15, -0.1) is 0 Å². The summed E-state index contributed by atoms with van der Waals surface area (Å²) in [4.78, 5) is 15.3. The Labute approximate surface area is 129 Å². The van der Waals surface area contributed by atoms with Crippen molar-refractivity contribution in [3.05, 3.63) is 58.9 Å². The van der Waals surface area contributed by atoms with Crippen molar-refractivity contribution in [3.8, 4) is 0 Å². The van der Waals surface area contributed by atoms with Gasteiger partial charge in [-0.25, -0.2) is 4.79 Å². The van der Waals surface area contributed by atoms with Gasteiger partial charge in [-0.05, 0) is 18.2 Å². The molecule has 0 aliphatic carbocycles. The van der Waals surface area contributed by atoms with Crippen LogP contribution in [0.5, 0.6) is 0 Å². The maximum absolute atomic E-state index is 12.5. The summed E-state index contributed by atoms with van der Waals surface area (Å²) in [5, 5.41) is 4.88. The molecule has 0 unspecified atom stereocenters. The van der Waals surface area contributed by atoms with E-state index in [-0.39, 0.29) is 17.3 Å². The fraction of sp³-hybridized carbons (Fsp3) is 0.143. The molecule has 0 radical (unpaired) electrons. The summed E-state index contributed by atoms with van der Waals surface area (Å²) < 4.78 is 37.4. The normalized spacial score (nSPS) is 11.1. The number of urea groups is 1. The summed E-state index contributed by atoms with van der Waals surface area (Å²) >= 11 is 5.74. The molecule has 2 aromatic rings. The molecular weight excluding hydrogens is 319 g/mol. The van der Waals surface area contributed by atoms with E-state index >= 15 is 0 Å². The SMILES string of the molecule is O=C(NCc1ncc(C(F)(F)F)cc1Cl)Nc1ccccc1. The van der Waals surface area contributed by atoms with E-state index in [9.17, 15) is 18.0 Å². The monoisotopic (exact) mass is 329 g/mol. The Bertz CT molecular complexity index is 662. The molecule has 1 aromatic heterocycles. The molecule has 2 amide bonds. The Balaban J connectivity index is 1.96. The molecular formula is C14H11ClF3N3O. The number of amides is 2. The standard InChI is InChI=1S/C14H11ClF3N3O/c15-11-6-9(14(16,17)18)7-19-12(11)8-20-13(22)21-10-4-2-1-3-5-10/h1-7H,8H2,(H2,20,21,22). The molecule has 22 heavy (non-hydrogen) atoms. The second-order valence-corrected chi connectivity index (χ2v) is 4.73. The van der Waals surface area contributed by atoms with Gasteiger partial charge in [0.25, 0.3) is 0 Å². The fourth-order valence-electron chi connectivity index (χ4n) is 1.61. The Morgan fingerprint density at radius 1 is 1.23 bits per heavy atom. The van der Waals surface area contributed by atoms with Crippen molar-refractivity contribution in [1.29, 1.82) is 0 Å². The largest absolute Gasteiger partial charge is 0.417 e. The van der Waals surface area contributed by atoms with Crippen LogP contribution in [0.2, 0.25) is 5.02 Å². The molecule has 0 saturated carbocycles. The molecule has 0 aliphatic heterocycles. The van der Waals surface area contributed by atoms with Crippen molar-refractivity contribution < 1.29 is 18.0 Å². The maximum Gasteiger partial charge on any atom is 0.417 e. The Morgan fingerprint density at radius 3 is 2.50 bits per heavy atom. The van der Waals surface area contributed by atoms with E-state index in [4.69, 9.17) is 11.6 Å². The van der Waals surface area contributed by atoms with Gasteiger partial charge in [-0.2, -0.15) is 13.2 Å². The van der Waals surface area contributed by atoms with E-state index in [1.807, 2.05) is 0 Å². The second-order valence-electron chi connectivity index (χ2n) is 4.32. The average Bonchev–Trinajstić information content (AvgIpc) is 2.46. The third kappa shape index (κ3) is 4.36. The number of halogens is 4. The van der Waals surface area contributed by atoms with E-state index in [1.54, 1.807) is 30.3 Å². The van der Waals surface area contributed by atoms with Gasteiger partial charge >= 0.3 is 12.2 Å². The van der Waals surface area contributed by atoms with Crippen LogP contribution in [-0.2, 0) is 12.7 Å². The predicted octanol–water partition coefficient (Wildman–Crippen LogP) is 4.08. The highest BCUT2D eigenvalue weighted by Crippen LogP contribution is 2.30. The first-order chi connectivity index (χ1) is 10.4. The summed E-state index contributed by atoms with van der Waals surface area (Å²) in [5.74, 6) is 0. The van der Waals surface area contributed by atoms with E-state index < -0.39 is 17.8 Å². The lowest BCUT2D eigenvalue weighted by Crippen LogP contribution is -2.28. The number of rotatable bonds is 3. The molecule has 8 heteroatoms. The summed E-state index contributed by atoms with van der Waals surface area (Å²) in [5.41, 5.74) is -0.195. The predicted molar refractivity (Wildman–Crippen MR) is 76.5 cm³/mol. The number of carbonyl (C=O) groups is 1. The number of anilines is 1. The molecule has 116 valence electrons. The van der Waals surface area contributed by atoms with Crippen LogP contribution < -0.4 is 10.6 Å². The average molecular weight is 330 g/mol. The molecule has 0 saturated heterocycles. The van der Waals surface area contributed by atoms with Crippen molar-refractivity contribution in [2.24, 2.45) is 0 Å². The van der Waals surface area contributed by atoms with Crippen LogP contribution in [0.1, 0.15) is 11.3 Å². The number of hydrogen-bond acceptors (Lipinski definition) is 2. The highest BCUT2D eigenvalue weighted by molar-refractivity contribution is 6.31. The topological polar surface area (TPSA) is 54.0 Å². The van der Waals surface area contributed by atoms with Crippen LogP contribution in [0.4, 0.5) is 23.7 Å². The van der Waals surface area contributed by atoms with Crippen LogP contribution in [0, 0.1) is 0 Å². The van der Waals surface area contributed by atoms with Gasteiger partial charge in [-0.1, -0.05) is 29.8 Å². The van der Waals surface area contributed by atoms with Crippen molar-refractivity contribution >= 4 is 23.3 Å². The third-order valence-corrected chi connectivity index (χ3v) is 3.02. The number of nitrogens with one attached hydrogen (secondary N) is 2. The lowest BCUT2D eigenvalue weighted by atomic mass is 10.2. The van der Waals surface area contributed by atoms with Crippen LogP contribution >= 0.6 is 11.6 Å². The zero-order valence-electron chi connectivity index (χ0n) is 11.1. The number of pyridine rings is 1. The fourth-order valence-corrected chi connectivity index (χ4v) is 1.85. The highest BCUT2D eigenvalue weighted by atomic mass is 35.5. The number of nitrogens with zero attached hydrogens (tertiary/aromatic N) is 1. The lowest BCUT2D eigenvalue weighted by molar-refractivity contribution is -0.137. The van der Waals surface area contributed by atoms with Crippen molar-refractivity contribution in [2.45, 2.75) is 12.7 Å². The molecule has 0 aliphatic rings. The summed E-state index contributed by atoms with van der Waals surface area (Å²) in [6.45, 7) is -0.0877. The first-order valence-electron chi connectivity index (χ1n) is 6.18. The van der Waals surface area contributed by atoms with E-state index in [1.165, 1.54) is 0 Å². The van der Waals surface area contributed by atoms with Crippen LogP contribution in [0.15, 0.2) is 42.6 Å². The van der Waals surface area contributed by atoms with Crippen LogP contribution in [0.3, 0.4) is 0 Å². The van der Waals surface area contributed by atoms with Crippen molar-refractivity contribution in [1.82, 2.24) is 10.3 Å². The Hall–Kier alpha value is -2.28.